The average molecular weight is 564 g/mol. The van der Waals surface area contributed by atoms with E-state index in [2.05, 4.69) is 16.7 Å². The third-order valence-electron chi connectivity index (χ3n) is 8.25. The van der Waals surface area contributed by atoms with E-state index in [0.29, 0.717) is 38.2 Å². The van der Waals surface area contributed by atoms with Gasteiger partial charge in [-0.25, -0.2) is 4.39 Å². The van der Waals surface area contributed by atoms with Crippen molar-refractivity contribution in [1.29, 1.82) is 5.26 Å². The second kappa shape index (κ2) is 9.25. The lowest BCUT2D eigenvalue weighted by Gasteiger charge is -2.47. The van der Waals surface area contributed by atoms with Crippen LogP contribution in [0.2, 0.25) is 10.0 Å². The van der Waals surface area contributed by atoms with E-state index >= 15 is 0 Å². The number of halogens is 3. The first-order valence-electron chi connectivity index (χ1n) is 12.7. The molecule has 2 amide bonds. The van der Waals surface area contributed by atoms with E-state index in [0.717, 1.165) is 18.4 Å². The molecule has 2 aliphatic heterocycles. The van der Waals surface area contributed by atoms with Gasteiger partial charge in [0.25, 0.3) is 0 Å². The molecule has 2 heterocycles. The Morgan fingerprint density at radius 3 is 2.54 bits per heavy atom. The lowest BCUT2D eigenvalue weighted by atomic mass is 9.59. The number of benzene rings is 3. The molecule has 0 aromatic heterocycles. The molecule has 2 N–H and O–H groups in total. The molecule has 3 aliphatic rings. The maximum absolute atomic E-state index is 14.6. The molecule has 6 nitrogen and oxygen atoms in total. The number of hydrogen-bond donors (Lipinski definition) is 2. The van der Waals surface area contributed by atoms with Gasteiger partial charge in [0.05, 0.1) is 17.5 Å². The number of hydrogen-bond acceptors (Lipinski definition) is 4. The van der Waals surface area contributed by atoms with Crippen LogP contribution >= 0.6 is 23.2 Å². The number of nitriles is 1. The SMILES string of the molecule is Cc1ccc(F)cc1[C@H]1NC(=O)C[C@@H](c2cc(Cl)ccc2OCC2(C#N)CC2)[C@]12C(=O)Nc1cc(Cl)ccc12. The number of rotatable bonds is 5. The van der Waals surface area contributed by atoms with Gasteiger partial charge in [0.15, 0.2) is 0 Å². The molecule has 0 radical (unpaired) electrons. The highest BCUT2D eigenvalue weighted by Crippen LogP contribution is 2.59. The van der Waals surface area contributed by atoms with Crippen LogP contribution in [0.15, 0.2) is 54.6 Å². The average Bonchev–Trinajstić information content (AvgIpc) is 3.64. The molecule has 1 spiro atoms. The molecule has 1 saturated heterocycles. The summed E-state index contributed by atoms with van der Waals surface area (Å²) < 4.78 is 20.8. The minimum Gasteiger partial charge on any atom is -0.492 e. The molecule has 9 heteroatoms. The van der Waals surface area contributed by atoms with Crippen molar-refractivity contribution in [2.24, 2.45) is 5.41 Å². The minimum absolute atomic E-state index is 0.0412. The standard InChI is InChI=1S/C30H24Cl2FN3O3/c1-16-2-5-19(33)12-20(16)27-30(22-6-3-18(32)11-24(22)35-28(30)38)23(13-26(37)36-27)21-10-17(31)4-7-25(21)39-15-29(14-34)8-9-29/h2-7,10-12,23,27H,8-9,13,15H2,1H3,(H,35,38)(H,36,37)/t23-,27+,30-/m0/s1. The second-order valence-corrected chi connectivity index (χ2v) is 11.5. The van der Waals surface area contributed by atoms with Crippen LogP contribution in [0.5, 0.6) is 5.75 Å². The Kier molecular flexibility index (Phi) is 6.09. The van der Waals surface area contributed by atoms with Gasteiger partial charge in [0.2, 0.25) is 11.8 Å². The van der Waals surface area contributed by atoms with Gasteiger partial charge in [0.1, 0.15) is 23.6 Å². The Labute approximate surface area is 235 Å². The number of carbonyl (C=O) groups excluding carboxylic acids is 2. The summed E-state index contributed by atoms with van der Waals surface area (Å²) in [4.78, 5) is 27.6. The van der Waals surface area contributed by atoms with Gasteiger partial charge >= 0.3 is 0 Å². The molecule has 3 atom stereocenters. The quantitative estimate of drug-likeness (QED) is 0.378. The molecule has 3 aromatic carbocycles. The monoisotopic (exact) mass is 563 g/mol. The first-order valence-corrected chi connectivity index (χ1v) is 13.4. The molecule has 3 aromatic rings. The highest BCUT2D eigenvalue weighted by atomic mass is 35.5. The fourth-order valence-corrected chi connectivity index (χ4v) is 6.37. The summed E-state index contributed by atoms with van der Waals surface area (Å²) in [5, 5.41) is 16.4. The Bertz CT molecular complexity index is 1580. The van der Waals surface area contributed by atoms with Crippen LogP contribution in [-0.2, 0) is 15.0 Å². The lowest BCUT2D eigenvalue weighted by Crippen LogP contribution is -2.57. The summed E-state index contributed by atoms with van der Waals surface area (Å²) in [5.74, 6) is -1.40. The molecule has 0 bridgehead atoms. The van der Waals surface area contributed by atoms with Gasteiger partial charge in [0, 0.05) is 33.6 Å². The van der Waals surface area contributed by atoms with Gasteiger partial charge < -0.3 is 15.4 Å². The van der Waals surface area contributed by atoms with Crippen LogP contribution in [0.1, 0.15) is 53.5 Å². The van der Waals surface area contributed by atoms with Crippen molar-refractivity contribution in [1.82, 2.24) is 5.32 Å². The molecule has 39 heavy (non-hydrogen) atoms. The third kappa shape index (κ3) is 4.14. The fraction of sp³-hybridized carbons (Fsp3) is 0.300. The van der Waals surface area contributed by atoms with Crippen LogP contribution in [-0.4, -0.2) is 18.4 Å². The highest BCUT2D eigenvalue weighted by Gasteiger charge is 2.62. The molecule has 0 unspecified atom stereocenters. The maximum atomic E-state index is 14.6. The number of piperidine rings is 1. The number of amides is 2. The fourth-order valence-electron chi connectivity index (χ4n) is 6.02. The molecule has 198 valence electrons. The summed E-state index contributed by atoms with van der Waals surface area (Å²) in [6, 6.07) is 16.0. The Balaban J connectivity index is 1.59. The van der Waals surface area contributed by atoms with E-state index in [1.54, 1.807) is 42.5 Å². The van der Waals surface area contributed by atoms with Gasteiger partial charge in [-0.1, -0.05) is 35.3 Å². The van der Waals surface area contributed by atoms with Gasteiger partial charge in [-0.2, -0.15) is 5.26 Å². The zero-order valence-corrected chi connectivity index (χ0v) is 22.5. The largest absolute Gasteiger partial charge is 0.492 e. The van der Waals surface area contributed by atoms with Crippen molar-refractivity contribution < 1.29 is 18.7 Å². The normalized spacial score (nSPS) is 24.5. The Hall–Kier alpha value is -3.60. The first-order chi connectivity index (χ1) is 18.7. The van der Waals surface area contributed by atoms with Crippen LogP contribution in [0, 0.1) is 29.5 Å². The molecular formula is C30H24Cl2FN3O3. The predicted molar refractivity (Wildman–Crippen MR) is 145 cm³/mol. The summed E-state index contributed by atoms with van der Waals surface area (Å²) in [6.07, 6.45) is 1.46. The number of nitrogens with zero attached hydrogens (tertiary/aromatic N) is 1. The number of fused-ring (bicyclic) bond motifs is 2. The predicted octanol–water partition coefficient (Wildman–Crippen LogP) is 6.36. The van der Waals surface area contributed by atoms with Crippen molar-refractivity contribution in [2.45, 2.75) is 43.6 Å². The number of anilines is 1. The lowest BCUT2D eigenvalue weighted by molar-refractivity contribution is -0.131. The minimum atomic E-state index is -1.37. The van der Waals surface area contributed by atoms with Crippen LogP contribution in [0.3, 0.4) is 0 Å². The summed E-state index contributed by atoms with van der Waals surface area (Å²) >= 11 is 12.8. The van der Waals surface area contributed by atoms with Crippen molar-refractivity contribution in [3.05, 3.63) is 92.7 Å². The van der Waals surface area contributed by atoms with Crippen molar-refractivity contribution >= 4 is 40.7 Å². The topological polar surface area (TPSA) is 91.2 Å². The van der Waals surface area contributed by atoms with Crippen molar-refractivity contribution in [3.8, 4) is 11.8 Å². The molecule has 2 fully saturated rings. The zero-order valence-electron chi connectivity index (χ0n) is 21.0. The maximum Gasteiger partial charge on any atom is 0.238 e. The van der Waals surface area contributed by atoms with E-state index in [9.17, 15) is 19.2 Å². The Morgan fingerprint density at radius 2 is 1.79 bits per heavy atom. The number of aryl methyl sites for hydroxylation is 1. The van der Waals surface area contributed by atoms with E-state index in [-0.39, 0.29) is 24.8 Å². The van der Waals surface area contributed by atoms with Crippen LogP contribution in [0.4, 0.5) is 10.1 Å². The van der Waals surface area contributed by atoms with E-state index in [1.165, 1.54) is 12.1 Å². The molecular weight excluding hydrogens is 540 g/mol. The van der Waals surface area contributed by atoms with E-state index < -0.39 is 28.6 Å². The molecule has 1 aliphatic carbocycles. The number of ether oxygens (including phenoxy) is 1. The van der Waals surface area contributed by atoms with Crippen molar-refractivity contribution in [2.75, 3.05) is 11.9 Å². The van der Waals surface area contributed by atoms with E-state index in [1.807, 2.05) is 6.92 Å². The highest BCUT2D eigenvalue weighted by molar-refractivity contribution is 6.31. The van der Waals surface area contributed by atoms with E-state index in [4.69, 9.17) is 27.9 Å². The third-order valence-corrected chi connectivity index (χ3v) is 8.72. The summed E-state index contributed by atoms with van der Waals surface area (Å²) in [7, 11) is 0. The first kappa shape index (κ1) is 25.7. The molecule has 1 saturated carbocycles. The van der Waals surface area contributed by atoms with Gasteiger partial charge in [-0.3, -0.25) is 9.59 Å². The number of nitrogens with one attached hydrogen (secondary N) is 2. The molecule has 6 rings (SSSR count). The van der Waals surface area contributed by atoms with Crippen LogP contribution < -0.4 is 15.4 Å². The van der Waals surface area contributed by atoms with Gasteiger partial charge in [-0.05, 0) is 78.9 Å². The van der Waals surface area contributed by atoms with Gasteiger partial charge in [-0.15, -0.1) is 0 Å². The summed E-state index contributed by atoms with van der Waals surface area (Å²) in [6.45, 7) is 2.01. The summed E-state index contributed by atoms with van der Waals surface area (Å²) in [5.41, 5.74) is 1.05. The zero-order chi connectivity index (χ0) is 27.5. The second-order valence-electron chi connectivity index (χ2n) is 10.6. The number of carbonyl (C=O) groups is 2. The smallest absolute Gasteiger partial charge is 0.238 e. The van der Waals surface area contributed by atoms with Crippen molar-refractivity contribution in [3.63, 3.8) is 0 Å². The Morgan fingerprint density at radius 1 is 1.05 bits per heavy atom. The van der Waals surface area contributed by atoms with Crippen LogP contribution in [0.25, 0.3) is 0 Å².